The Kier molecular flexibility index (Phi) is 6.30. The number of halogens is 3. The van der Waals surface area contributed by atoms with Gasteiger partial charge in [-0.1, -0.05) is 12.1 Å². The van der Waals surface area contributed by atoms with E-state index in [1.165, 1.54) is 26.4 Å². The van der Waals surface area contributed by atoms with E-state index in [0.717, 1.165) is 37.7 Å². The van der Waals surface area contributed by atoms with Gasteiger partial charge in [-0.15, -0.1) is 0 Å². The molecule has 0 spiro atoms. The number of hydrogen-bond acceptors (Lipinski definition) is 2. The average molecular weight is 378 g/mol. The number of ether oxygens (including phenoxy) is 2. The van der Waals surface area contributed by atoms with Crippen molar-refractivity contribution in [3.05, 3.63) is 58.9 Å². The van der Waals surface area contributed by atoms with Crippen LogP contribution in [0.2, 0.25) is 0 Å². The first-order chi connectivity index (χ1) is 13.0. The first kappa shape index (κ1) is 19.6. The molecule has 2 nitrogen and oxygen atoms in total. The summed E-state index contributed by atoms with van der Waals surface area (Å²) in [4.78, 5) is 0. The zero-order chi connectivity index (χ0) is 19.4. The third-order valence-electron chi connectivity index (χ3n) is 5.66. The van der Waals surface area contributed by atoms with Crippen LogP contribution in [0.5, 0.6) is 11.5 Å². The van der Waals surface area contributed by atoms with Gasteiger partial charge < -0.3 is 9.47 Å². The van der Waals surface area contributed by atoms with E-state index in [1.807, 2.05) is 6.07 Å². The molecule has 0 N–H and O–H groups in total. The maximum Gasteiger partial charge on any atom is 0.200 e. The lowest BCUT2D eigenvalue weighted by Gasteiger charge is -2.29. The molecule has 146 valence electrons. The van der Waals surface area contributed by atoms with Crippen molar-refractivity contribution in [1.29, 1.82) is 0 Å². The molecule has 0 heterocycles. The Labute approximate surface area is 158 Å². The van der Waals surface area contributed by atoms with E-state index >= 15 is 0 Å². The van der Waals surface area contributed by atoms with E-state index in [9.17, 15) is 13.2 Å². The Morgan fingerprint density at radius 3 is 2.26 bits per heavy atom. The van der Waals surface area contributed by atoms with Crippen molar-refractivity contribution < 1.29 is 22.6 Å². The largest absolute Gasteiger partial charge is 0.497 e. The van der Waals surface area contributed by atoms with Crippen LogP contribution in [-0.4, -0.2) is 14.2 Å². The molecule has 1 aliphatic rings. The first-order valence-electron chi connectivity index (χ1n) is 9.37. The summed E-state index contributed by atoms with van der Waals surface area (Å²) in [5, 5.41) is 0. The standard InChI is InChI=1S/C22H25F3O2/c1-26-17-10-11-18(19(23)13-17)15-6-3-14(4-7-15)5-8-16-9-12-20(27-2)22(25)21(16)24/h9-15H,3-8H2,1-2H3. The van der Waals surface area contributed by atoms with Gasteiger partial charge in [-0.05, 0) is 73.6 Å². The summed E-state index contributed by atoms with van der Waals surface area (Å²) in [5.74, 6) is -0.836. The second kappa shape index (κ2) is 8.68. The molecule has 1 saturated carbocycles. The monoisotopic (exact) mass is 378 g/mol. The Morgan fingerprint density at radius 1 is 0.889 bits per heavy atom. The van der Waals surface area contributed by atoms with Crippen LogP contribution >= 0.6 is 0 Å². The molecule has 2 aromatic rings. The molecule has 27 heavy (non-hydrogen) atoms. The summed E-state index contributed by atoms with van der Waals surface area (Å²) >= 11 is 0. The van der Waals surface area contributed by atoms with Gasteiger partial charge in [0.05, 0.1) is 14.2 Å². The molecule has 3 rings (SSSR count). The lowest BCUT2D eigenvalue weighted by molar-refractivity contribution is 0.304. The van der Waals surface area contributed by atoms with Crippen LogP contribution in [0.3, 0.4) is 0 Å². The van der Waals surface area contributed by atoms with E-state index in [2.05, 4.69) is 0 Å². The van der Waals surface area contributed by atoms with E-state index in [-0.39, 0.29) is 17.5 Å². The van der Waals surface area contributed by atoms with Gasteiger partial charge in [0, 0.05) is 6.07 Å². The molecular weight excluding hydrogens is 353 g/mol. The summed E-state index contributed by atoms with van der Waals surface area (Å²) in [7, 11) is 2.85. The molecule has 0 atom stereocenters. The highest BCUT2D eigenvalue weighted by atomic mass is 19.2. The van der Waals surface area contributed by atoms with Crippen LogP contribution in [0.4, 0.5) is 13.2 Å². The van der Waals surface area contributed by atoms with Crippen molar-refractivity contribution in [2.45, 2.75) is 44.4 Å². The van der Waals surface area contributed by atoms with Crippen molar-refractivity contribution in [3.8, 4) is 11.5 Å². The fraction of sp³-hybridized carbons (Fsp3) is 0.455. The smallest absolute Gasteiger partial charge is 0.200 e. The second-order valence-corrected chi connectivity index (χ2v) is 7.20. The van der Waals surface area contributed by atoms with Crippen LogP contribution in [0.1, 0.15) is 49.1 Å². The third-order valence-corrected chi connectivity index (χ3v) is 5.66. The Balaban J connectivity index is 1.55. The molecule has 5 heteroatoms. The van der Waals surface area contributed by atoms with Gasteiger partial charge in [-0.25, -0.2) is 8.78 Å². The van der Waals surface area contributed by atoms with Crippen LogP contribution in [0.25, 0.3) is 0 Å². The minimum absolute atomic E-state index is 0.0710. The SMILES string of the molecule is COc1ccc(C2CCC(CCc3ccc(OC)c(F)c3F)CC2)c(F)c1. The van der Waals surface area contributed by atoms with Crippen LogP contribution in [0, 0.1) is 23.4 Å². The van der Waals surface area contributed by atoms with Crippen molar-refractivity contribution in [2.75, 3.05) is 14.2 Å². The van der Waals surface area contributed by atoms with Gasteiger partial charge in [0.2, 0.25) is 5.82 Å². The Hall–Kier alpha value is -2.17. The van der Waals surface area contributed by atoms with E-state index in [0.29, 0.717) is 23.7 Å². The maximum atomic E-state index is 14.3. The van der Waals surface area contributed by atoms with Gasteiger partial charge in [0.15, 0.2) is 11.6 Å². The minimum Gasteiger partial charge on any atom is -0.497 e. The topological polar surface area (TPSA) is 18.5 Å². The average Bonchev–Trinajstić information content (AvgIpc) is 2.69. The molecule has 0 unspecified atom stereocenters. The van der Waals surface area contributed by atoms with Gasteiger partial charge in [0.1, 0.15) is 11.6 Å². The lowest BCUT2D eigenvalue weighted by atomic mass is 9.76. The van der Waals surface area contributed by atoms with Gasteiger partial charge in [-0.2, -0.15) is 4.39 Å². The summed E-state index contributed by atoms with van der Waals surface area (Å²) in [6.45, 7) is 0. The highest BCUT2D eigenvalue weighted by molar-refractivity contribution is 5.32. The van der Waals surface area contributed by atoms with Crippen molar-refractivity contribution in [2.24, 2.45) is 5.92 Å². The molecule has 1 aliphatic carbocycles. The summed E-state index contributed by atoms with van der Waals surface area (Å²) in [5.41, 5.74) is 1.13. The molecule has 0 bridgehead atoms. The molecule has 0 aromatic heterocycles. The molecule has 1 fully saturated rings. The van der Waals surface area contributed by atoms with E-state index in [4.69, 9.17) is 9.47 Å². The summed E-state index contributed by atoms with van der Waals surface area (Å²) in [6.07, 6.45) is 5.06. The Bertz CT molecular complexity index is 783. The second-order valence-electron chi connectivity index (χ2n) is 7.20. The van der Waals surface area contributed by atoms with Gasteiger partial charge in [0.25, 0.3) is 0 Å². The summed E-state index contributed by atoms with van der Waals surface area (Å²) < 4.78 is 52.0. The van der Waals surface area contributed by atoms with Crippen molar-refractivity contribution in [3.63, 3.8) is 0 Å². The van der Waals surface area contributed by atoms with Crippen molar-refractivity contribution >= 4 is 0 Å². The fourth-order valence-electron chi connectivity index (χ4n) is 4.01. The molecule has 2 aromatic carbocycles. The van der Waals surface area contributed by atoms with Crippen LogP contribution in [0.15, 0.2) is 30.3 Å². The number of hydrogen-bond donors (Lipinski definition) is 0. The molecule has 0 aliphatic heterocycles. The number of benzene rings is 2. The Morgan fingerprint density at radius 2 is 1.63 bits per heavy atom. The number of rotatable bonds is 6. The van der Waals surface area contributed by atoms with Gasteiger partial charge >= 0.3 is 0 Å². The first-order valence-corrected chi connectivity index (χ1v) is 9.37. The highest BCUT2D eigenvalue weighted by Gasteiger charge is 2.25. The predicted molar refractivity (Wildman–Crippen MR) is 98.9 cm³/mol. The third kappa shape index (κ3) is 4.40. The molecular formula is C22H25F3O2. The van der Waals surface area contributed by atoms with Gasteiger partial charge in [-0.3, -0.25) is 0 Å². The normalized spacial score (nSPS) is 19.7. The highest BCUT2D eigenvalue weighted by Crippen LogP contribution is 2.39. The zero-order valence-electron chi connectivity index (χ0n) is 15.7. The zero-order valence-corrected chi connectivity index (χ0v) is 15.7. The van der Waals surface area contributed by atoms with E-state index < -0.39 is 11.6 Å². The molecule has 0 amide bonds. The molecule has 0 saturated heterocycles. The quantitative estimate of drug-likeness (QED) is 0.611. The number of aryl methyl sites for hydroxylation is 1. The predicted octanol–water partition coefficient (Wildman–Crippen LogP) is 6.03. The van der Waals surface area contributed by atoms with E-state index in [1.54, 1.807) is 12.1 Å². The summed E-state index contributed by atoms with van der Waals surface area (Å²) in [6, 6.07) is 8.11. The minimum atomic E-state index is -0.923. The number of methoxy groups -OCH3 is 2. The maximum absolute atomic E-state index is 14.3. The van der Waals surface area contributed by atoms with Crippen molar-refractivity contribution in [1.82, 2.24) is 0 Å². The fourth-order valence-corrected chi connectivity index (χ4v) is 4.01. The van der Waals surface area contributed by atoms with Crippen LogP contribution < -0.4 is 9.47 Å². The molecule has 0 radical (unpaired) electrons. The van der Waals surface area contributed by atoms with Crippen LogP contribution in [-0.2, 0) is 6.42 Å². The lowest BCUT2D eigenvalue weighted by Crippen LogP contribution is -2.15.